The highest BCUT2D eigenvalue weighted by Gasteiger charge is 2.39. The van der Waals surface area contributed by atoms with Gasteiger partial charge in [-0.25, -0.2) is 8.42 Å². The summed E-state index contributed by atoms with van der Waals surface area (Å²) >= 11 is 0. The Kier molecular flexibility index (Phi) is 5.01. The lowest BCUT2D eigenvalue weighted by molar-refractivity contribution is 0.365. The largest absolute Gasteiger partial charge is 0.497 e. The molecule has 0 spiro atoms. The first kappa shape index (κ1) is 17.8. The predicted molar refractivity (Wildman–Crippen MR) is 93.3 cm³/mol. The van der Waals surface area contributed by atoms with E-state index < -0.39 is 10.0 Å². The maximum absolute atomic E-state index is 13.3. The molecule has 1 saturated heterocycles. The molecule has 0 bridgehead atoms. The standard InChI is InChI=1S/C17H23N3O4S/c1-4-19-14(9-10-18-19)15-6-5-11-20(15)25(21,22)17-12-13(23-2)7-8-16(17)24-3/h7-10,12,15H,4-6,11H2,1-3H3/t15-/m0/s1. The van der Waals surface area contributed by atoms with E-state index in [2.05, 4.69) is 5.10 Å². The van der Waals surface area contributed by atoms with E-state index in [1.807, 2.05) is 17.7 Å². The van der Waals surface area contributed by atoms with Gasteiger partial charge < -0.3 is 9.47 Å². The summed E-state index contributed by atoms with van der Waals surface area (Å²) in [6.07, 6.45) is 3.30. The summed E-state index contributed by atoms with van der Waals surface area (Å²) in [5.74, 6) is 0.796. The Morgan fingerprint density at radius 1 is 1.24 bits per heavy atom. The summed E-state index contributed by atoms with van der Waals surface area (Å²) in [6.45, 7) is 3.17. The van der Waals surface area contributed by atoms with Crippen molar-refractivity contribution in [2.24, 2.45) is 0 Å². The zero-order chi connectivity index (χ0) is 18.0. The third-order valence-electron chi connectivity index (χ3n) is 4.55. The smallest absolute Gasteiger partial charge is 0.247 e. The molecule has 2 heterocycles. The Labute approximate surface area is 148 Å². The minimum Gasteiger partial charge on any atom is -0.497 e. The molecule has 0 amide bonds. The predicted octanol–water partition coefficient (Wildman–Crippen LogP) is 2.45. The summed E-state index contributed by atoms with van der Waals surface area (Å²) in [6, 6.07) is 6.49. The molecule has 0 N–H and O–H groups in total. The Morgan fingerprint density at radius 2 is 2.04 bits per heavy atom. The first-order valence-corrected chi connectivity index (χ1v) is 9.72. The van der Waals surface area contributed by atoms with Crippen molar-refractivity contribution in [3.8, 4) is 11.5 Å². The summed E-state index contributed by atoms with van der Waals surface area (Å²) in [4.78, 5) is 0.129. The molecule has 25 heavy (non-hydrogen) atoms. The van der Waals surface area contributed by atoms with Gasteiger partial charge in [0.2, 0.25) is 10.0 Å². The third-order valence-corrected chi connectivity index (χ3v) is 6.48. The molecule has 0 saturated carbocycles. The molecule has 8 heteroatoms. The molecule has 0 aliphatic carbocycles. The van der Waals surface area contributed by atoms with E-state index in [-0.39, 0.29) is 10.9 Å². The van der Waals surface area contributed by atoms with Crippen molar-refractivity contribution in [2.45, 2.75) is 37.2 Å². The lowest BCUT2D eigenvalue weighted by Gasteiger charge is -2.25. The minimum absolute atomic E-state index is 0.129. The number of hydrogen-bond donors (Lipinski definition) is 0. The number of sulfonamides is 1. The first-order valence-electron chi connectivity index (χ1n) is 8.28. The minimum atomic E-state index is -3.73. The van der Waals surface area contributed by atoms with Gasteiger partial charge in [-0.15, -0.1) is 0 Å². The van der Waals surface area contributed by atoms with Crippen LogP contribution in [0.5, 0.6) is 11.5 Å². The third kappa shape index (κ3) is 3.11. The molecule has 1 atom stereocenters. The maximum Gasteiger partial charge on any atom is 0.247 e. The van der Waals surface area contributed by atoms with Gasteiger partial charge in [-0.3, -0.25) is 4.68 Å². The number of ether oxygens (including phenoxy) is 2. The second-order valence-electron chi connectivity index (χ2n) is 5.86. The van der Waals surface area contributed by atoms with Gasteiger partial charge in [-0.2, -0.15) is 9.40 Å². The second-order valence-corrected chi connectivity index (χ2v) is 7.72. The fourth-order valence-electron chi connectivity index (χ4n) is 3.33. The summed E-state index contributed by atoms with van der Waals surface area (Å²) in [7, 11) is -0.750. The van der Waals surface area contributed by atoms with Crippen molar-refractivity contribution in [1.82, 2.24) is 14.1 Å². The van der Waals surface area contributed by atoms with Crippen LogP contribution in [0, 0.1) is 0 Å². The summed E-state index contributed by atoms with van der Waals surface area (Å²) < 4.78 is 40.6. The molecular formula is C17H23N3O4S. The van der Waals surface area contributed by atoms with E-state index >= 15 is 0 Å². The normalized spacial score (nSPS) is 18.4. The van der Waals surface area contributed by atoms with Crippen LogP contribution in [0.4, 0.5) is 0 Å². The number of aryl methyl sites for hydroxylation is 1. The quantitative estimate of drug-likeness (QED) is 0.786. The first-order chi connectivity index (χ1) is 12.0. The van der Waals surface area contributed by atoms with Crippen LogP contribution in [0.25, 0.3) is 0 Å². The average Bonchev–Trinajstić information content (AvgIpc) is 3.29. The topological polar surface area (TPSA) is 73.7 Å². The molecule has 1 aromatic heterocycles. The molecule has 1 aliphatic rings. The van der Waals surface area contributed by atoms with E-state index in [1.54, 1.807) is 22.6 Å². The van der Waals surface area contributed by atoms with Crippen LogP contribution in [0.1, 0.15) is 31.5 Å². The van der Waals surface area contributed by atoms with Crippen molar-refractivity contribution in [1.29, 1.82) is 0 Å². The zero-order valence-electron chi connectivity index (χ0n) is 14.7. The summed E-state index contributed by atoms with van der Waals surface area (Å²) in [5.41, 5.74) is 0.922. The Morgan fingerprint density at radius 3 is 2.72 bits per heavy atom. The Bertz CT molecular complexity index is 847. The van der Waals surface area contributed by atoms with Crippen LogP contribution < -0.4 is 9.47 Å². The molecule has 3 rings (SSSR count). The van der Waals surface area contributed by atoms with Crippen LogP contribution in [0.2, 0.25) is 0 Å². The highest BCUT2D eigenvalue weighted by Crippen LogP contribution is 2.39. The number of nitrogens with zero attached hydrogens (tertiary/aromatic N) is 3. The van der Waals surface area contributed by atoms with E-state index in [0.29, 0.717) is 24.6 Å². The van der Waals surface area contributed by atoms with Crippen molar-refractivity contribution >= 4 is 10.0 Å². The van der Waals surface area contributed by atoms with Gasteiger partial charge in [0.1, 0.15) is 16.4 Å². The molecule has 0 unspecified atom stereocenters. The molecule has 7 nitrogen and oxygen atoms in total. The fraction of sp³-hybridized carbons (Fsp3) is 0.471. The molecule has 1 fully saturated rings. The second kappa shape index (κ2) is 7.05. The van der Waals surface area contributed by atoms with Gasteiger partial charge in [0.05, 0.1) is 26.0 Å². The molecule has 2 aromatic rings. The lowest BCUT2D eigenvalue weighted by atomic mass is 10.1. The van der Waals surface area contributed by atoms with Crippen LogP contribution in [-0.2, 0) is 16.6 Å². The van der Waals surface area contributed by atoms with Crippen LogP contribution in [-0.4, -0.2) is 43.3 Å². The molecule has 1 aromatic carbocycles. The highest BCUT2D eigenvalue weighted by molar-refractivity contribution is 7.89. The number of methoxy groups -OCH3 is 2. The maximum atomic E-state index is 13.3. The number of hydrogen-bond acceptors (Lipinski definition) is 5. The number of rotatable bonds is 6. The van der Waals surface area contributed by atoms with E-state index in [9.17, 15) is 8.42 Å². The molecule has 0 radical (unpaired) electrons. The van der Waals surface area contributed by atoms with Gasteiger partial charge in [0, 0.05) is 25.4 Å². The van der Waals surface area contributed by atoms with Gasteiger partial charge in [-0.05, 0) is 38.0 Å². The molecule has 1 aliphatic heterocycles. The molecule has 136 valence electrons. The van der Waals surface area contributed by atoms with Crippen LogP contribution in [0.15, 0.2) is 35.4 Å². The van der Waals surface area contributed by atoms with E-state index in [4.69, 9.17) is 9.47 Å². The SMILES string of the molecule is CCn1nccc1[C@@H]1CCCN1S(=O)(=O)c1cc(OC)ccc1OC. The number of benzene rings is 1. The van der Waals surface area contributed by atoms with Crippen molar-refractivity contribution in [2.75, 3.05) is 20.8 Å². The van der Waals surface area contributed by atoms with Gasteiger partial charge in [-0.1, -0.05) is 0 Å². The Balaban J connectivity index is 2.05. The van der Waals surface area contributed by atoms with Gasteiger partial charge in [0.25, 0.3) is 0 Å². The van der Waals surface area contributed by atoms with Gasteiger partial charge in [0.15, 0.2) is 0 Å². The van der Waals surface area contributed by atoms with Crippen molar-refractivity contribution in [3.05, 3.63) is 36.2 Å². The van der Waals surface area contributed by atoms with E-state index in [0.717, 1.165) is 18.5 Å². The lowest BCUT2D eigenvalue weighted by Crippen LogP contribution is -2.32. The Hall–Kier alpha value is -2.06. The van der Waals surface area contributed by atoms with Crippen molar-refractivity contribution < 1.29 is 17.9 Å². The number of aromatic nitrogens is 2. The van der Waals surface area contributed by atoms with Crippen molar-refractivity contribution in [3.63, 3.8) is 0 Å². The van der Waals surface area contributed by atoms with Crippen LogP contribution in [0.3, 0.4) is 0 Å². The van der Waals surface area contributed by atoms with E-state index in [1.165, 1.54) is 20.3 Å². The van der Waals surface area contributed by atoms with Crippen LogP contribution >= 0.6 is 0 Å². The molecular weight excluding hydrogens is 342 g/mol. The van der Waals surface area contributed by atoms with Gasteiger partial charge >= 0.3 is 0 Å². The highest BCUT2D eigenvalue weighted by atomic mass is 32.2. The monoisotopic (exact) mass is 365 g/mol. The summed E-state index contributed by atoms with van der Waals surface area (Å²) in [5, 5.41) is 4.28. The zero-order valence-corrected chi connectivity index (χ0v) is 15.5. The fourth-order valence-corrected chi connectivity index (χ4v) is 5.17. The average molecular weight is 365 g/mol.